The van der Waals surface area contributed by atoms with Gasteiger partial charge in [0.15, 0.2) is 0 Å². The number of methoxy groups -OCH3 is 1. The molecule has 0 spiro atoms. The molecular weight excluding hydrogens is 484 g/mol. The Morgan fingerprint density at radius 3 is 2.51 bits per heavy atom. The predicted molar refractivity (Wildman–Crippen MR) is 150 cm³/mol. The number of carbonyl (C=O) groups is 2. The van der Waals surface area contributed by atoms with E-state index in [1.54, 1.807) is 18.9 Å². The van der Waals surface area contributed by atoms with Crippen molar-refractivity contribution in [2.45, 2.75) is 63.3 Å². The zero-order chi connectivity index (χ0) is 26.4. The standard InChI is InChI=1S/C30H38N2O4S/c1-5-6-17-36-25-14-9-22(10-15-25)20(2)31-29(33)23-11-16-27-26(19-23)32(3)30(34)28(37-27)18-21-7-12-24(35-4)13-8-21/h7-10,12-15,18,20,23,26-27H,5-6,11,16-17,19H2,1-4H3,(H,31,33)/b28-18+. The van der Waals surface area contributed by atoms with Crippen molar-refractivity contribution in [2.24, 2.45) is 5.92 Å². The third kappa shape index (κ3) is 6.69. The number of nitrogens with one attached hydrogen (secondary N) is 1. The number of unbranched alkanes of at least 4 members (excludes halogenated alkanes) is 1. The first-order chi connectivity index (χ1) is 17.9. The van der Waals surface area contributed by atoms with Gasteiger partial charge in [0, 0.05) is 24.3 Å². The Balaban J connectivity index is 1.34. The topological polar surface area (TPSA) is 67.9 Å². The average Bonchev–Trinajstić information content (AvgIpc) is 2.92. The van der Waals surface area contributed by atoms with Gasteiger partial charge < -0.3 is 19.7 Å². The highest BCUT2D eigenvalue weighted by atomic mass is 32.2. The summed E-state index contributed by atoms with van der Waals surface area (Å²) in [7, 11) is 3.51. The number of thioether (sulfide) groups is 1. The Hall–Kier alpha value is -2.93. The quantitative estimate of drug-likeness (QED) is 0.331. The number of hydrogen-bond donors (Lipinski definition) is 1. The minimum absolute atomic E-state index is 0.0257. The molecule has 4 rings (SSSR count). The number of carbonyl (C=O) groups excluding carboxylic acids is 2. The molecule has 7 heteroatoms. The lowest BCUT2D eigenvalue weighted by molar-refractivity contribution is -0.132. The minimum atomic E-state index is -0.0941. The van der Waals surface area contributed by atoms with Gasteiger partial charge in [0.2, 0.25) is 5.91 Å². The first-order valence-electron chi connectivity index (χ1n) is 13.2. The highest BCUT2D eigenvalue weighted by Gasteiger charge is 2.43. The third-order valence-corrected chi connectivity index (χ3v) is 8.75. The van der Waals surface area contributed by atoms with Gasteiger partial charge in [-0.15, -0.1) is 11.8 Å². The van der Waals surface area contributed by atoms with Gasteiger partial charge in [-0.1, -0.05) is 37.6 Å². The maximum atomic E-state index is 13.2. The van der Waals surface area contributed by atoms with Crippen LogP contribution in [0.25, 0.3) is 6.08 Å². The molecule has 2 fully saturated rings. The average molecular weight is 523 g/mol. The van der Waals surface area contributed by atoms with Gasteiger partial charge in [-0.25, -0.2) is 0 Å². The minimum Gasteiger partial charge on any atom is -0.497 e. The molecule has 1 saturated carbocycles. The Morgan fingerprint density at radius 2 is 1.84 bits per heavy atom. The lowest BCUT2D eigenvalue weighted by Crippen LogP contribution is -2.52. The smallest absolute Gasteiger partial charge is 0.260 e. The molecule has 0 radical (unpaired) electrons. The van der Waals surface area contributed by atoms with E-state index in [1.807, 2.05) is 73.5 Å². The summed E-state index contributed by atoms with van der Waals surface area (Å²) in [5.74, 6) is 1.65. The molecule has 4 atom stereocenters. The molecule has 37 heavy (non-hydrogen) atoms. The number of likely N-dealkylation sites (N-methyl/N-ethyl adjacent to an activating group) is 1. The Labute approximate surface area is 224 Å². The summed E-state index contributed by atoms with van der Waals surface area (Å²) in [4.78, 5) is 28.9. The van der Waals surface area contributed by atoms with E-state index >= 15 is 0 Å². The van der Waals surface area contributed by atoms with Crippen LogP contribution in [0.1, 0.15) is 63.1 Å². The normalized spacial score (nSPS) is 23.4. The molecule has 1 N–H and O–H groups in total. The molecule has 2 aliphatic rings. The second-order valence-electron chi connectivity index (χ2n) is 9.93. The Bertz CT molecular complexity index is 1100. The van der Waals surface area contributed by atoms with Crippen molar-refractivity contribution in [3.05, 3.63) is 64.6 Å². The van der Waals surface area contributed by atoms with Crippen LogP contribution < -0.4 is 14.8 Å². The van der Waals surface area contributed by atoms with Crippen molar-refractivity contribution in [2.75, 3.05) is 20.8 Å². The summed E-state index contributed by atoms with van der Waals surface area (Å²) < 4.78 is 11.0. The van der Waals surface area contributed by atoms with E-state index in [9.17, 15) is 9.59 Å². The molecule has 1 saturated heterocycles. The number of hydrogen-bond acceptors (Lipinski definition) is 5. The van der Waals surface area contributed by atoms with E-state index in [2.05, 4.69) is 12.2 Å². The first kappa shape index (κ1) is 27.1. The van der Waals surface area contributed by atoms with E-state index in [0.29, 0.717) is 11.7 Å². The third-order valence-electron chi connectivity index (χ3n) is 7.35. The largest absolute Gasteiger partial charge is 0.497 e. The fourth-order valence-corrected chi connectivity index (χ4v) is 6.47. The fraction of sp³-hybridized carbons (Fsp3) is 0.467. The van der Waals surface area contributed by atoms with Crippen molar-refractivity contribution < 1.29 is 19.1 Å². The summed E-state index contributed by atoms with van der Waals surface area (Å²) in [6, 6.07) is 15.7. The first-order valence-corrected chi connectivity index (χ1v) is 14.1. The summed E-state index contributed by atoms with van der Waals surface area (Å²) in [6.07, 6.45) is 6.53. The number of benzene rings is 2. The summed E-state index contributed by atoms with van der Waals surface area (Å²) in [5, 5.41) is 3.50. The molecule has 4 unspecified atom stereocenters. The molecule has 0 aromatic heterocycles. The van der Waals surface area contributed by atoms with Crippen LogP contribution in [-0.4, -0.2) is 48.8 Å². The van der Waals surface area contributed by atoms with Crippen LogP contribution >= 0.6 is 11.8 Å². The van der Waals surface area contributed by atoms with Gasteiger partial charge in [-0.05, 0) is 74.1 Å². The molecule has 2 aromatic rings. The van der Waals surface area contributed by atoms with E-state index in [1.165, 1.54) is 0 Å². The number of rotatable bonds is 9. The maximum absolute atomic E-state index is 13.2. The van der Waals surface area contributed by atoms with Gasteiger partial charge in [0.25, 0.3) is 5.91 Å². The van der Waals surface area contributed by atoms with Crippen LogP contribution in [0, 0.1) is 5.92 Å². The maximum Gasteiger partial charge on any atom is 0.260 e. The summed E-state index contributed by atoms with van der Waals surface area (Å²) in [6.45, 7) is 4.88. The SMILES string of the molecule is CCCCOc1ccc(C(C)NC(=O)C2CCC3S/C(=C/c4ccc(OC)cc4)C(=O)N(C)C3C2)cc1. The lowest BCUT2D eigenvalue weighted by Gasteiger charge is -2.44. The van der Waals surface area contributed by atoms with Gasteiger partial charge in [0.1, 0.15) is 11.5 Å². The van der Waals surface area contributed by atoms with Crippen LogP contribution in [0.15, 0.2) is 53.4 Å². The molecule has 2 aromatic carbocycles. The van der Waals surface area contributed by atoms with Gasteiger partial charge in [-0.3, -0.25) is 9.59 Å². The summed E-state index contributed by atoms with van der Waals surface area (Å²) in [5.41, 5.74) is 2.03. The predicted octanol–water partition coefficient (Wildman–Crippen LogP) is 5.83. The Morgan fingerprint density at radius 1 is 1.14 bits per heavy atom. The highest BCUT2D eigenvalue weighted by Crippen LogP contribution is 2.43. The molecule has 6 nitrogen and oxygen atoms in total. The van der Waals surface area contributed by atoms with Crippen molar-refractivity contribution in [3.63, 3.8) is 0 Å². The highest BCUT2D eigenvalue weighted by molar-refractivity contribution is 8.04. The Kier molecular flexibility index (Phi) is 9.19. The second kappa shape index (κ2) is 12.5. The molecule has 1 aliphatic carbocycles. The molecule has 2 amide bonds. The molecular formula is C30H38N2O4S. The summed E-state index contributed by atoms with van der Waals surface area (Å²) >= 11 is 1.66. The van der Waals surface area contributed by atoms with Crippen LogP contribution in [0.3, 0.4) is 0 Å². The van der Waals surface area contributed by atoms with E-state index in [4.69, 9.17) is 9.47 Å². The van der Waals surface area contributed by atoms with E-state index < -0.39 is 0 Å². The van der Waals surface area contributed by atoms with Crippen molar-refractivity contribution in [1.82, 2.24) is 10.2 Å². The van der Waals surface area contributed by atoms with Crippen LogP contribution in [0.5, 0.6) is 11.5 Å². The lowest BCUT2D eigenvalue weighted by atomic mass is 9.83. The van der Waals surface area contributed by atoms with Gasteiger partial charge in [-0.2, -0.15) is 0 Å². The zero-order valence-corrected chi connectivity index (χ0v) is 23.1. The van der Waals surface area contributed by atoms with E-state index in [0.717, 1.165) is 59.8 Å². The van der Waals surface area contributed by atoms with Crippen LogP contribution in [-0.2, 0) is 9.59 Å². The molecule has 1 aliphatic heterocycles. The van der Waals surface area contributed by atoms with Gasteiger partial charge >= 0.3 is 0 Å². The zero-order valence-electron chi connectivity index (χ0n) is 22.2. The van der Waals surface area contributed by atoms with Crippen molar-refractivity contribution >= 4 is 29.7 Å². The molecule has 198 valence electrons. The number of fused-ring (bicyclic) bond motifs is 1. The molecule has 1 heterocycles. The van der Waals surface area contributed by atoms with E-state index in [-0.39, 0.29) is 29.8 Å². The van der Waals surface area contributed by atoms with Crippen LogP contribution in [0.4, 0.5) is 0 Å². The van der Waals surface area contributed by atoms with Crippen molar-refractivity contribution in [3.8, 4) is 11.5 Å². The number of amides is 2. The monoisotopic (exact) mass is 522 g/mol. The van der Waals surface area contributed by atoms with Crippen molar-refractivity contribution in [1.29, 1.82) is 0 Å². The fourth-order valence-electron chi connectivity index (χ4n) is 4.99. The van der Waals surface area contributed by atoms with Crippen LogP contribution in [0.2, 0.25) is 0 Å². The molecule has 0 bridgehead atoms. The second-order valence-corrected chi connectivity index (χ2v) is 11.2. The number of nitrogens with zero attached hydrogens (tertiary/aromatic N) is 1. The number of ether oxygens (including phenoxy) is 2. The van der Waals surface area contributed by atoms with Gasteiger partial charge in [0.05, 0.1) is 24.7 Å².